The first kappa shape index (κ1) is 21.0. The van der Waals surface area contributed by atoms with Gasteiger partial charge in [0, 0.05) is 24.2 Å². The molecule has 136 valence electrons. The van der Waals surface area contributed by atoms with Crippen LogP contribution in [0.25, 0.3) is 0 Å². The molecule has 0 spiro atoms. The smallest absolute Gasteiger partial charge is 0.255 e. The molecule has 1 saturated heterocycles. The van der Waals surface area contributed by atoms with Gasteiger partial charge in [-0.3, -0.25) is 4.79 Å². The first-order chi connectivity index (χ1) is 10.9. The number of amides is 1. The number of primary amides is 1. The molecule has 0 bridgehead atoms. The van der Waals surface area contributed by atoms with Crippen LogP contribution in [0.3, 0.4) is 0 Å². The molecule has 7 nitrogen and oxygen atoms in total. The van der Waals surface area contributed by atoms with Crippen LogP contribution in [0.2, 0.25) is 5.02 Å². The molecule has 1 aromatic rings. The van der Waals surface area contributed by atoms with E-state index in [4.69, 9.17) is 27.8 Å². The number of nitrogens with zero attached hydrogens (tertiary/aromatic N) is 1. The Morgan fingerprint density at radius 3 is 2.71 bits per heavy atom. The molecule has 10 heteroatoms. The van der Waals surface area contributed by atoms with Crippen molar-refractivity contribution < 1.29 is 17.9 Å². The second kappa shape index (κ2) is 8.87. The maximum atomic E-state index is 13.0. The normalized spacial score (nSPS) is 18.7. The van der Waals surface area contributed by atoms with Gasteiger partial charge in [-0.25, -0.2) is 8.42 Å². The Balaban J connectivity index is 0.00000288. The zero-order valence-corrected chi connectivity index (χ0v) is 15.4. The highest BCUT2D eigenvalue weighted by atomic mass is 35.5. The van der Waals surface area contributed by atoms with Gasteiger partial charge in [0.2, 0.25) is 10.0 Å². The molecule has 24 heavy (non-hydrogen) atoms. The molecule has 0 aromatic heterocycles. The summed E-state index contributed by atoms with van der Waals surface area (Å²) < 4.78 is 32.6. The van der Waals surface area contributed by atoms with E-state index in [0.717, 1.165) is 12.8 Å². The van der Waals surface area contributed by atoms with Crippen LogP contribution in [0.15, 0.2) is 23.1 Å². The molecule has 1 atom stereocenters. The summed E-state index contributed by atoms with van der Waals surface area (Å²) in [6, 6.07) is 3.97. The number of carbonyl (C=O) groups is 1. The number of sulfonamides is 1. The van der Waals surface area contributed by atoms with Crippen molar-refractivity contribution in [2.45, 2.75) is 30.2 Å². The topological polar surface area (TPSA) is 116 Å². The number of rotatable bonds is 6. The van der Waals surface area contributed by atoms with E-state index >= 15 is 0 Å². The molecule has 1 fully saturated rings. The third kappa shape index (κ3) is 4.73. The van der Waals surface area contributed by atoms with Crippen LogP contribution in [0.5, 0.6) is 5.75 Å². The van der Waals surface area contributed by atoms with Gasteiger partial charge >= 0.3 is 0 Å². The first-order valence-electron chi connectivity index (χ1n) is 7.29. The largest absolute Gasteiger partial charge is 0.482 e. The number of benzene rings is 1. The van der Waals surface area contributed by atoms with E-state index in [2.05, 4.69) is 0 Å². The predicted molar refractivity (Wildman–Crippen MR) is 94.0 cm³/mol. The highest BCUT2D eigenvalue weighted by molar-refractivity contribution is 7.89. The average Bonchev–Trinajstić information content (AvgIpc) is 2.53. The Labute approximate surface area is 152 Å². The van der Waals surface area contributed by atoms with Crippen molar-refractivity contribution in [2.75, 3.05) is 19.7 Å². The Morgan fingerprint density at radius 1 is 1.38 bits per heavy atom. The van der Waals surface area contributed by atoms with Crippen LogP contribution in [0, 0.1) is 0 Å². The molecule has 1 aliphatic rings. The first-order valence-corrected chi connectivity index (χ1v) is 9.10. The Kier molecular flexibility index (Phi) is 7.75. The molecule has 0 saturated carbocycles. The Bertz CT molecular complexity index is 685. The number of piperidine rings is 1. The molecule has 2 rings (SSSR count). The number of carbonyl (C=O) groups excluding carboxylic acids is 1. The van der Waals surface area contributed by atoms with Crippen molar-refractivity contribution in [3.05, 3.63) is 23.2 Å². The lowest BCUT2D eigenvalue weighted by Gasteiger charge is -2.34. The van der Waals surface area contributed by atoms with Gasteiger partial charge in [0.25, 0.3) is 5.91 Å². The van der Waals surface area contributed by atoms with Crippen molar-refractivity contribution in [3.8, 4) is 5.75 Å². The van der Waals surface area contributed by atoms with Crippen LogP contribution in [0.1, 0.15) is 19.3 Å². The zero-order valence-electron chi connectivity index (χ0n) is 13.0. The summed E-state index contributed by atoms with van der Waals surface area (Å²) in [6.07, 6.45) is 2.43. The van der Waals surface area contributed by atoms with E-state index in [0.29, 0.717) is 13.0 Å². The molecule has 0 radical (unpaired) electrons. The molecular formula is C14H21Cl2N3O4S. The van der Waals surface area contributed by atoms with E-state index in [1.54, 1.807) is 0 Å². The van der Waals surface area contributed by atoms with Gasteiger partial charge in [-0.05, 0) is 31.0 Å². The lowest BCUT2D eigenvalue weighted by molar-refractivity contribution is -0.120. The molecule has 4 N–H and O–H groups in total. The minimum absolute atomic E-state index is 0. The van der Waals surface area contributed by atoms with Crippen LogP contribution in [0.4, 0.5) is 0 Å². The fraction of sp³-hybridized carbons (Fsp3) is 0.500. The minimum Gasteiger partial charge on any atom is -0.482 e. The fourth-order valence-electron chi connectivity index (χ4n) is 2.60. The second-order valence-corrected chi connectivity index (χ2v) is 7.64. The summed E-state index contributed by atoms with van der Waals surface area (Å²) in [7, 11) is -3.83. The van der Waals surface area contributed by atoms with Crippen molar-refractivity contribution in [3.63, 3.8) is 0 Å². The monoisotopic (exact) mass is 397 g/mol. The molecule has 1 aliphatic heterocycles. The van der Waals surface area contributed by atoms with Gasteiger partial charge in [0.05, 0.1) is 0 Å². The van der Waals surface area contributed by atoms with E-state index in [-0.39, 0.29) is 40.7 Å². The maximum Gasteiger partial charge on any atom is 0.255 e. The molecule has 1 aromatic carbocycles. The van der Waals surface area contributed by atoms with Gasteiger partial charge in [-0.15, -0.1) is 12.4 Å². The summed E-state index contributed by atoms with van der Waals surface area (Å²) in [5.41, 5.74) is 10.8. The van der Waals surface area contributed by atoms with Gasteiger partial charge in [0.1, 0.15) is 10.6 Å². The molecular weight excluding hydrogens is 377 g/mol. The summed E-state index contributed by atoms with van der Waals surface area (Å²) in [5.74, 6) is -0.643. The third-order valence-electron chi connectivity index (χ3n) is 3.71. The van der Waals surface area contributed by atoms with E-state index in [1.165, 1.54) is 22.5 Å². The van der Waals surface area contributed by atoms with Crippen molar-refractivity contribution in [1.82, 2.24) is 4.31 Å². The van der Waals surface area contributed by atoms with Crippen molar-refractivity contribution in [1.29, 1.82) is 0 Å². The number of ether oxygens (including phenoxy) is 1. The predicted octanol–water partition coefficient (Wildman–Crippen LogP) is 1.13. The van der Waals surface area contributed by atoms with Gasteiger partial charge in [-0.1, -0.05) is 18.0 Å². The van der Waals surface area contributed by atoms with Crippen molar-refractivity contribution >= 4 is 39.9 Å². The van der Waals surface area contributed by atoms with E-state index in [9.17, 15) is 13.2 Å². The lowest BCUT2D eigenvalue weighted by atomic mass is 10.1. The minimum atomic E-state index is -3.83. The highest BCUT2D eigenvalue weighted by Gasteiger charge is 2.34. The summed E-state index contributed by atoms with van der Waals surface area (Å²) >= 11 is 5.94. The standard InChI is InChI=1S/C14H20ClN3O4S.ClH/c15-10-4-5-12(22-9-14(17)19)13(7-10)23(20,21)18-6-2-1-3-11(18)8-16;/h4-5,7,11H,1-3,6,8-9,16H2,(H2,17,19);1H. The average molecular weight is 398 g/mol. The van der Waals surface area contributed by atoms with Crippen LogP contribution < -0.4 is 16.2 Å². The fourth-order valence-corrected chi connectivity index (χ4v) is 4.70. The number of halogens is 2. The second-order valence-electron chi connectivity index (χ2n) is 5.35. The van der Waals surface area contributed by atoms with Gasteiger partial charge in [0.15, 0.2) is 6.61 Å². The van der Waals surface area contributed by atoms with E-state index < -0.39 is 22.5 Å². The number of hydrogen-bond donors (Lipinski definition) is 2. The molecule has 0 aliphatic carbocycles. The van der Waals surface area contributed by atoms with Crippen molar-refractivity contribution in [2.24, 2.45) is 11.5 Å². The van der Waals surface area contributed by atoms with Gasteiger partial charge < -0.3 is 16.2 Å². The molecule has 1 amide bonds. The molecule has 1 heterocycles. The Morgan fingerprint density at radius 2 is 2.08 bits per heavy atom. The summed E-state index contributed by atoms with van der Waals surface area (Å²) in [5, 5.41) is 0.260. The summed E-state index contributed by atoms with van der Waals surface area (Å²) in [4.78, 5) is 10.8. The van der Waals surface area contributed by atoms with E-state index in [1.807, 2.05) is 0 Å². The summed E-state index contributed by atoms with van der Waals surface area (Å²) in [6.45, 7) is 0.230. The van der Waals surface area contributed by atoms with Gasteiger partial charge in [-0.2, -0.15) is 4.31 Å². The third-order valence-corrected chi connectivity index (χ3v) is 5.92. The number of hydrogen-bond acceptors (Lipinski definition) is 5. The highest BCUT2D eigenvalue weighted by Crippen LogP contribution is 2.32. The lowest BCUT2D eigenvalue weighted by Crippen LogP contribution is -2.47. The van der Waals surface area contributed by atoms with Crippen LogP contribution in [-0.2, 0) is 14.8 Å². The SMILES string of the molecule is Cl.NCC1CCCCN1S(=O)(=O)c1cc(Cl)ccc1OCC(N)=O. The quantitative estimate of drug-likeness (QED) is 0.745. The van der Waals surface area contributed by atoms with Crippen LogP contribution in [-0.4, -0.2) is 44.4 Å². The Hall–Kier alpha value is -1.06. The maximum absolute atomic E-state index is 13.0. The number of nitrogens with two attached hydrogens (primary N) is 2. The molecule has 1 unspecified atom stereocenters. The zero-order chi connectivity index (χ0) is 17.0. The van der Waals surface area contributed by atoms with Crippen LogP contribution >= 0.6 is 24.0 Å².